The van der Waals surface area contributed by atoms with E-state index >= 15 is 0 Å². The van der Waals surface area contributed by atoms with Crippen LogP contribution in [0.5, 0.6) is 5.75 Å². The number of rotatable bonds is 5. The Balaban J connectivity index is 1.82. The van der Waals surface area contributed by atoms with E-state index < -0.39 is 0 Å². The van der Waals surface area contributed by atoms with Crippen molar-refractivity contribution in [1.82, 2.24) is 5.32 Å². The van der Waals surface area contributed by atoms with Gasteiger partial charge < -0.3 is 10.1 Å². The van der Waals surface area contributed by atoms with Gasteiger partial charge in [-0.15, -0.1) is 11.6 Å². The van der Waals surface area contributed by atoms with Gasteiger partial charge in [0.1, 0.15) is 5.75 Å². The van der Waals surface area contributed by atoms with E-state index in [0.717, 1.165) is 31.4 Å². The zero-order valence-electron chi connectivity index (χ0n) is 12.8. The third kappa shape index (κ3) is 5.24. The molecule has 1 N–H and O–H groups in total. The average Bonchev–Trinajstić information content (AvgIpc) is 2.45. The Labute approximate surface area is 132 Å². The fourth-order valence-electron chi connectivity index (χ4n) is 2.71. The van der Waals surface area contributed by atoms with Gasteiger partial charge in [0.15, 0.2) is 0 Å². The van der Waals surface area contributed by atoms with Crippen LogP contribution in [0.25, 0.3) is 0 Å². The number of benzene rings is 1. The van der Waals surface area contributed by atoms with Crippen LogP contribution in [0.3, 0.4) is 0 Å². The number of ether oxygens (including phenoxy) is 1. The molecule has 2 atom stereocenters. The molecular weight excluding hydrogens is 286 g/mol. The fraction of sp³-hybridized carbons (Fsp3) is 0.588. The maximum absolute atomic E-state index is 12.1. The molecule has 21 heavy (non-hydrogen) atoms. The molecule has 0 aromatic heterocycles. The van der Waals surface area contributed by atoms with Gasteiger partial charge in [0.25, 0.3) is 5.91 Å². The summed E-state index contributed by atoms with van der Waals surface area (Å²) in [6.45, 7) is 4.68. The van der Waals surface area contributed by atoms with Gasteiger partial charge in [-0.05, 0) is 63.3 Å². The van der Waals surface area contributed by atoms with E-state index in [2.05, 4.69) is 5.32 Å². The van der Waals surface area contributed by atoms with Crippen LogP contribution in [0.1, 0.15) is 49.9 Å². The summed E-state index contributed by atoms with van der Waals surface area (Å²) in [7, 11) is 0. The van der Waals surface area contributed by atoms with E-state index in [-0.39, 0.29) is 17.4 Å². The molecule has 2 rings (SSSR count). The zero-order valence-corrected chi connectivity index (χ0v) is 13.5. The summed E-state index contributed by atoms with van der Waals surface area (Å²) >= 11 is 6.18. The number of carbonyl (C=O) groups is 1. The molecule has 2 unspecified atom stereocenters. The molecule has 0 saturated heterocycles. The predicted octanol–water partition coefficient (Wildman–Crippen LogP) is 4.00. The summed E-state index contributed by atoms with van der Waals surface area (Å²) in [5.41, 5.74) is 0.671. The molecule has 1 aromatic rings. The minimum Gasteiger partial charge on any atom is -0.491 e. The third-order valence-corrected chi connectivity index (χ3v) is 4.15. The molecule has 116 valence electrons. The smallest absolute Gasteiger partial charge is 0.251 e. The number of halogens is 1. The maximum Gasteiger partial charge on any atom is 0.251 e. The Morgan fingerprint density at radius 2 is 2.05 bits per heavy atom. The van der Waals surface area contributed by atoms with Crippen LogP contribution < -0.4 is 10.1 Å². The number of carbonyl (C=O) groups excluding carboxylic acids is 1. The molecule has 4 heteroatoms. The summed E-state index contributed by atoms with van der Waals surface area (Å²) in [6, 6.07) is 7.28. The number of alkyl halides is 1. The van der Waals surface area contributed by atoms with Gasteiger partial charge in [-0.1, -0.05) is 6.42 Å². The first-order valence-corrected chi connectivity index (χ1v) is 8.17. The van der Waals surface area contributed by atoms with Crippen LogP contribution in [0.4, 0.5) is 0 Å². The number of amides is 1. The van der Waals surface area contributed by atoms with Gasteiger partial charge in [0.2, 0.25) is 0 Å². The Hall–Kier alpha value is -1.22. The highest BCUT2D eigenvalue weighted by atomic mass is 35.5. The van der Waals surface area contributed by atoms with Crippen LogP contribution in [-0.2, 0) is 0 Å². The van der Waals surface area contributed by atoms with E-state index in [4.69, 9.17) is 16.3 Å². The van der Waals surface area contributed by atoms with Crippen molar-refractivity contribution >= 4 is 17.5 Å². The molecule has 0 bridgehead atoms. The SMILES string of the molecule is CC(C)Oc1ccc(C(=O)NCC2CCCC(Cl)C2)cc1. The summed E-state index contributed by atoms with van der Waals surface area (Å²) < 4.78 is 5.57. The van der Waals surface area contributed by atoms with E-state index in [1.807, 2.05) is 26.0 Å². The quantitative estimate of drug-likeness (QED) is 0.835. The summed E-state index contributed by atoms with van der Waals surface area (Å²) in [5.74, 6) is 1.27. The lowest BCUT2D eigenvalue weighted by molar-refractivity contribution is 0.0943. The van der Waals surface area contributed by atoms with E-state index in [1.165, 1.54) is 0 Å². The monoisotopic (exact) mass is 309 g/mol. The zero-order chi connectivity index (χ0) is 15.2. The number of hydrogen-bond acceptors (Lipinski definition) is 2. The molecule has 0 spiro atoms. The van der Waals surface area contributed by atoms with Gasteiger partial charge >= 0.3 is 0 Å². The Bertz CT molecular complexity index is 458. The van der Waals surface area contributed by atoms with Crippen molar-refractivity contribution in [2.24, 2.45) is 5.92 Å². The van der Waals surface area contributed by atoms with Crippen LogP contribution >= 0.6 is 11.6 Å². The second-order valence-corrected chi connectivity index (χ2v) is 6.65. The first kappa shape index (κ1) is 16.2. The van der Waals surface area contributed by atoms with Gasteiger partial charge in [0, 0.05) is 17.5 Å². The van der Waals surface area contributed by atoms with Crippen molar-refractivity contribution < 1.29 is 9.53 Å². The van der Waals surface area contributed by atoms with Crippen molar-refractivity contribution in [2.75, 3.05) is 6.54 Å². The lowest BCUT2D eigenvalue weighted by Crippen LogP contribution is -2.32. The summed E-state index contributed by atoms with van der Waals surface area (Å²) in [4.78, 5) is 12.1. The van der Waals surface area contributed by atoms with Crippen molar-refractivity contribution in [3.8, 4) is 5.75 Å². The summed E-state index contributed by atoms with van der Waals surface area (Å²) in [6.07, 6.45) is 4.56. The number of nitrogens with one attached hydrogen (secondary N) is 1. The molecule has 0 radical (unpaired) electrons. The normalized spacial score (nSPS) is 22.1. The van der Waals surface area contributed by atoms with Crippen LogP contribution in [0, 0.1) is 5.92 Å². The van der Waals surface area contributed by atoms with E-state index in [9.17, 15) is 4.79 Å². The van der Waals surface area contributed by atoms with Crippen molar-refractivity contribution in [1.29, 1.82) is 0 Å². The lowest BCUT2D eigenvalue weighted by atomic mass is 9.89. The Morgan fingerprint density at radius 3 is 2.67 bits per heavy atom. The number of hydrogen-bond donors (Lipinski definition) is 1. The first-order chi connectivity index (χ1) is 10.0. The standard InChI is InChI=1S/C17H24ClNO2/c1-12(2)21-16-8-6-14(7-9-16)17(20)19-11-13-4-3-5-15(18)10-13/h6-9,12-13,15H,3-5,10-11H2,1-2H3,(H,19,20). The minimum atomic E-state index is -0.0252. The third-order valence-electron chi connectivity index (χ3n) is 3.76. The van der Waals surface area contributed by atoms with E-state index in [1.54, 1.807) is 12.1 Å². The van der Waals surface area contributed by atoms with Crippen LogP contribution in [0.2, 0.25) is 0 Å². The van der Waals surface area contributed by atoms with Crippen LogP contribution in [-0.4, -0.2) is 23.9 Å². The Kier molecular flexibility index (Phi) is 5.92. The molecule has 1 fully saturated rings. The highest BCUT2D eigenvalue weighted by Crippen LogP contribution is 2.27. The highest BCUT2D eigenvalue weighted by molar-refractivity contribution is 6.20. The predicted molar refractivity (Wildman–Crippen MR) is 86.1 cm³/mol. The summed E-state index contributed by atoms with van der Waals surface area (Å²) in [5, 5.41) is 3.28. The molecule has 0 heterocycles. The van der Waals surface area contributed by atoms with Crippen LogP contribution in [0.15, 0.2) is 24.3 Å². The molecule has 1 saturated carbocycles. The van der Waals surface area contributed by atoms with Crippen molar-refractivity contribution in [3.63, 3.8) is 0 Å². The van der Waals surface area contributed by atoms with Crippen molar-refractivity contribution in [2.45, 2.75) is 51.0 Å². The van der Waals surface area contributed by atoms with Gasteiger partial charge in [-0.2, -0.15) is 0 Å². The molecule has 1 amide bonds. The lowest BCUT2D eigenvalue weighted by Gasteiger charge is -2.25. The molecule has 1 aliphatic carbocycles. The van der Waals surface area contributed by atoms with Gasteiger partial charge in [-0.25, -0.2) is 0 Å². The van der Waals surface area contributed by atoms with Gasteiger partial charge in [-0.3, -0.25) is 4.79 Å². The first-order valence-electron chi connectivity index (χ1n) is 7.73. The second-order valence-electron chi connectivity index (χ2n) is 6.03. The molecule has 1 aliphatic rings. The Morgan fingerprint density at radius 1 is 1.33 bits per heavy atom. The molecule has 3 nitrogen and oxygen atoms in total. The van der Waals surface area contributed by atoms with Crippen molar-refractivity contribution in [3.05, 3.63) is 29.8 Å². The topological polar surface area (TPSA) is 38.3 Å². The van der Waals surface area contributed by atoms with E-state index in [0.29, 0.717) is 18.0 Å². The second kappa shape index (κ2) is 7.69. The molecular formula is C17H24ClNO2. The molecule has 0 aliphatic heterocycles. The fourth-order valence-corrected chi connectivity index (χ4v) is 3.11. The minimum absolute atomic E-state index is 0.0252. The highest BCUT2D eigenvalue weighted by Gasteiger charge is 2.20. The largest absolute Gasteiger partial charge is 0.491 e. The van der Waals surface area contributed by atoms with Gasteiger partial charge in [0.05, 0.1) is 6.10 Å². The molecule has 1 aromatic carbocycles. The maximum atomic E-state index is 12.1. The average molecular weight is 310 g/mol.